The molecule has 0 amide bonds. The molecule has 64 valence electrons. The van der Waals surface area contributed by atoms with Crippen LogP contribution in [0.2, 0.25) is 0 Å². The van der Waals surface area contributed by atoms with Crippen molar-refractivity contribution >= 4 is 5.97 Å². The Balaban J connectivity index is 2.28. The molecule has 1 fully saturated rings. The van der Waals surface area contributed by atoms with E-state index >= 15 is 0 Å². The maximum Gasteiger partial charge on any atom is 0.316 e. The molecule has 2 rings (SSSR count). The highest BCUT2D eigenvalue weighted by molar-refractivity contribution is 5.86. The van der Waals surface area contributed by atoms with Gasteiger partial charge in [-0.15, -0.1) is 0 Å². The molecule has 1 N–H and O–H groups in total. The van der Waals surface area contributed by atoms with Gasteiger partial charge in [-0.3, -0.25) is 4.79 Å². The van der Waals surface area contributed by atoms with Crippen LogP contribution in [0.5, 0.6) is 0 Å². The number of hydrogen-bond acceptors (Lipinski definition) is 2. The van der Waals surface area contributed by atoms with Gasteiger partial charge in [0.1, 0.15) is 0 Å². The lowest BCUT2D eigenvalue weighted by Gasteiger charge is -2.09. The highest BCUT2D eigenvalue weighted by atomic mass is 16.5. The SMILES string of the molecule is COC(=O)C1(c2cc[nH]c2)CC1. The van der Waals surface area contributed by atoms with Crippen LogP contribution in [0.1, 0.15) is 18.4 Å². The second-order valence-corrected chi connectivity index (χ2v) is 3.17. The van der Waals surface area contributed by atoms with Crippen molar-refractivity contribution in [2.24, 2.45) is 0 Å². The van der Waals surface area contributed by atoms with E-state index in [0.717, 1.165) is 18.4 Å². The van der Waals surface area contributed by atoms with E-state index < -0.39 is 0 Å². The van der Waals surface area contributed by atoms with Crippen LogP contribution >= 0.6 is 0 Å². The summed E-state index contributed by atoms with van der Waals surface area (Å²) in [6.45, 7) is 0. The third-order valence-electron chi connectivity index (χ3n) is 2.48. The van der Waals surface area contributed by atoms with Gasteiger partial charge in [0.25, 0.3) is 0 Å². The lowest BCUT2D eigenvalue weighted by Crippen LogP contribution is -2.21. The molecule has 1 aromatic heterocycles. The zero-order valence-electron chi connectivity index (χ0n) is 6.96. The Bertz CT molecular complexity index is 285. The van der Waals surface area contributed by atoms with Gasteiger partial charge < -0.3 is 9.72 Å². The minimum atomic E-state index is -0.311. The number of rotatable bonds is 2. The molecule has 0 atom stereocenters. The van der Waals surface area contributed by atoms with Gasteiger partial charge >= 0.3 is 5.97 Å². The molecule has 1 aliphatic rings. The van der Waals surface area contributed by atoms with Crippen molar-refractivity contribution in [3.05, 3.63) is 24.0 Å². The monoisotopic (exact) mass is 165 g/mol. The fourth-order valence-corrected chi connectivity index (χ4v) is 1.55. The van der Waals surface area contributed by atoms with Crippen LogP contribution in [0.15, 0.2) is 18.5 Å². The van der Waals surface area contributed by atoms with E-state index in [0.29, 0.717) is 0 Å². The standard InChI is InChI=1S/C9H11NO2/c1-12-8(11)9(3-4-9)7-2-5-10-6-7/h2,5-6,10H,3-4H2,1H3. The minimum absolute atomic E-state index is 0.109. The maximum atomic E-state index is 11.4. The van der Waals surface area contributed by atoms with Crippen molar-refractivity contribution in [1.29, 1.82) is 0 Å². The number of carbonyl (C=O) groups is 1. The summed E-state index contributed by atoms with van der Waals surface area (Å²) in [5.74, 6) is -0.109. The van der Waals surface area contributed by atoms with Gasteiger partial charge in [0.15, 0.2) is 0 Å². The molecule has 0 radical (unpaired) electrons. The Labute approximate surface area is 70.7 Å². The van der Waals surface area contributed by atoms with Crippen molar-refractivity contribution in [2.45, 2.75) is 18.3 Å². The van der Waals surface area contributed by atoms with Crippen LogP contribution in [0.25, 0.3) is 0 Å². The van der Waals surface area contributed by atoms with Crippen molar-refractivity contribution in [3.63, 3.8) is 0 Å². The topological polar surface area (TPSA) is 42.1 Å². The number of methoxy groups -OCH3 is 1. The van der Waals surface area contributed by atoms with E-state index in [1.54, 1.807) is 0 Å². The summed E-state index contributed by atoms with van der Waals surface area (Å²) in [6, 6.07) is 1.93. The Morgan fingerprint density at radius 3 is 2.83 bits per heavy atom. The van der Waals surface area contributed by atoms with Gasteiger partial charge in [0.05, 0.1) is 12.5 Å². The summed E-state index contributed by atoms with van der Waals surface area (Å²) in [6.07, 6.45) is 5.53. The first-order valence-electron chi connectivity index (χ1n) is 4.01. The zero-order valence-corrected chi connectivity index (χ0v) is 6.96. The van der Waals surface area contributed by atoms with E-state index in [4.69, 9.17) is 4.74 Å². The molecule has 0 spiro atoms. The number of carbonyl (C=O) groups excluding carboxylic acids is 1. The van der Waals surface area contributed by atoms with Crippen LogP contribution in [0, 0.1) is 0 Å². The Morgan fingerprint density at radius 2 is 2.42 bits per heavy atom. The second kappa shape index (κ2) is 2.37. The fraction of sp³-hybridized carbons (Fsp3) is 0.444. The molecule has 1 saturated carbocycles. The van der Waals surface area contributed by atoms with Gasteiger partial charge in [-0.1, -0.05) is 0 Å². The molecule has 1 heterocycles. The summed E-state index contributed by atoms with van der Waals surface area (Å²) in [5, 5.41) is 0. The van der Waals surface area contributed by atoms with Crippen molar-refractivity contribution in [2.75, 3.05) is 7.11 Å². The number of ether oxygens (including phenoxy) is 1. The van der Waals surface area contributed by atoms with E-state index in [9.17, 15) is 4.79 Å². The zero-order chi connectivity index (χ0) is 8.60. The molecule has 0 unspecified atom stereocenters. The third-order valence-corrected chi connectivity index (χ3v) is 2.48. The number of aromatic nitrogens is 1. The maximum absolute atomic E-state index is 11.4. The third kappa shape index (κ3) is 0.858. The Hall–Kier alpha value is -1.25. The van der Waals surface area contributed by atoms with Gasteiger partial charge in [-0.25, -0.2) is 0 Å². The molecule has 0 aliphatic heterocycles. The summed E-state index contributed by atoms with van der Waals surface area (Å²) in [5.41, 5.74) is 0.740. The number of esters is 1. The van der Waals surface area contributed by atoms with Crippen molar-refractivity contribution in [1.82, 2.24) is 4.98 Å². The predicted molar refractivity (Wildman–Crippen MR) is 43.7 cm³/mol. The van der Waals surface area contributed by atoms with Crippen LogP contribution in [-0.4, -0.2) is 18.1 Å². The number of aromatic amines is 1. The van der Waals surface area contributed by atoms with Crippen LogP contribution < -0.4 is 0 Å². The normalized spacial score (nSPS) is 18.8. The molecule has 3 nitrogen and oxygen atoms in total. The fourth-order valence-electron chi connectivity index (χ4n) is 1.55. The summed E-state index contributed by atoms with van der Waals surface area (Å²) >= 11 is 0. The Kier molecular flexibility index (Phi) is 1.46. The Morgan fingerprint density at radius 1 is 1.67 bits per heavy atom. The molecule has 1 aliphatic carbocycles. The average molecular weight is 165 g/mol. The van der Waals surface area contributed by atoms with Gasteiger partial charge in [0.2, 0.25) is 0 Å². The minimum Gasteiger partial charge on any atom is -0.468 e. The first-order valence-corrected chi connectivity index (χ1v) is 4.01. The first-order chi connectivity index (χ1) is 5.79. The lowest BCUT2D eigenvalue weighted by atomic mass is 10.00. The highest BCUT2D eigenvalue weighted by Gasteiger charge is 2.52. The first kappa shape index (κ1) is 7.40. The largest absolute Gasteiger partial charge is 0.468 e. The van der Waals surface area contributed by atoms with Crippen LogP contribution in [-0.2, 0) is 14.9 Å². The van der Waals surface area contributed by atoms with Gasteiger partial charge in [-0.2, -0.15) is 0 Å². The molecule has 3 heteroatoms. The molecular weight excluding hydrogens is 154 g/mol. The molecule has 0 saturated heterocycles. The summed E-state index contributed by atoms with van der Waals surface area (Å²) in [7, 11) is 1.44. The quantitative estimate of drug-likeness (QED) is 0.669. The highest BCUT2D eigenvalue weighted by Crippen LogP contribution is 2.48. The van der Waals surface area contributed by atoms with Gasteiger partial charge in [-0.05, 0) is 24.5 Å². The van der Waals surface area contributed by atoms with E-state index in [1.165, 1.54) is 7.11 Å². The molecule has 12 heavy (non-hydrogen) atoms. The molecule has 0 aromatic carbocycles. The average Bonchev–Trinajstić information content (AvgIpc) is 2.73. The second-order valence-electron chi connectivity index (χ2n) is 3.17. The van der Waals surface area contributed by atoms with Crippen molar-refractivity contribution < 1.29 is 9.53 Å². The lowest BCUT2D eigenvalue weighted by molar-refractivity contribution is -0.143. The summed E-state index contributed by atoms with van der Waals surface area (Å²) < 4.78 is 4.75. The smallest absolute Gasteiger partial charge is 0.316 e. The van der Waals surface area contributed by atoms with Crippen LogP contribution in [0.3, 0.4) is 0 Å². The molecule has 1 aromatic rings. The molecule has 0 bridgehead atoms. The van der Waals surface area contributed by atoms with Crippen molar-refractivity contribution in [3.8, 4) is 0 Å². The van der Waals surface area contributed by atoms with E-state index in [2.05, 4.69) is 4.98 Å². The predicted octanol–water partition coefficient (Wildman–Crippen LogP) is 1.22. The van der Waals surface area contributed by atoms with Crippen LogP contribution in [0.4, 0.5) is 0 Å². The van der Waals surface area contributed by atoms with E-state index in [-0.39, 0.29) is 11.4 Å². The number of hydrogen-bond donors (Lipinski definition) is 1. The summed E-state index contributed by atoms with van der Waals surface area (Å²) in [4.78, 5) is 14.3. The molecular formula is C9H11NO2. The number of H-pyrrole nitrogens is 1. The van der Waals surface area contributed by atoms with E-state index in [1.807, 2.05) is 18.5 Å². The number of nitrogens with one attached hydrogen (secondary N) is 1. The van der Waals surface area contributed by atoms with Gasteiger partial charge in [0, 0.05) is 12.4 Å².